The van der Waals surface area contributed by atoms with Crippen molar-refractivity contribution >= 4 is 29.0 Å². The molecule has 8 heteroatoms. The number of halogens is 3. The van der Waals surface area contributed by atoms with E-state index in [1.165, 1.54) is 19.2 Å². The highest BCUT2D eigenvalue weighted by molar-refractivity contribution is 6.31. The van der Waals surface area contributed by atoms with Crippen molar-refractivity contribution < 1.29 is 23.1 Å². The molecule has 134 valence electrons. The molecule has 1 amide bonds. The molecule has 0 saturated carbocycles. The van der Waals surface area contributed by atoms with Gasteiger partial charge in [-0.15, -0.1) is 0 Å². The predicted octanol–water partition coefficient (Wildman–Crippen LogP) is 3.90. The number of rotatable bonds is 5. The number of benzene rings is 2. The summed E-state index contributed by atoms with van der Waals surface area (Å²) in [6, 6.07) is 6.97. The van der Waals surface area contributed by atoms with E-state index in [2.05, 4.69) is 5.32 Å². The molecular formula is C18H13ClF2N2O3. The highest BCUT2D eigenvalue weighted by atomic mass is 35.5. The minimum absolute atomic E-state index is 0.220. The van der Waals surface area contributed by atoms with Gasteiger partial charge in [0.15, 0.2) is 23.3 Å². The number of carbonyl (C=O) groups excluding carboxylic acids is 2. The van der Waals surface area contributed by atoms with Crippen molar-refractivity contribution in [1.29, 1.82) is 5.26 Å². The summed E-state index contributed by atoms with van der Waals surface area (Å²) >= 11 is 5.98. The van der Waals surface area contributed by atoms with Crippen LogP contribution in [0.4, 0.5) is 14.5 Å². The zero-order valence-electron chi connectivity index (χ0n) is 13.8. The lowest BCUT2D eigenvalue weighted by molar-refractivity contribution is -0.117. The third-order valence-corrected chi connectivity index (χ3v) is 4.00. The molecule has 0 fully saturated rings. The molecule has 0 saturated heterocycles. The van der Waals surface area contributed by atoms with E-state index in [0.717, 1.165) is 12.1 Å². The first-order chi connectivity index (χ1) is 12.3. The maximum absolute atomic E-state index is 13.3. The van der Waals surface area contributed by atoms with Gasteiger partial charge in [0.1, 0.15) is 5.75 Å². The van der Waals surface area contributed by atoms with E-state index in [1.54, 1.807) is 13.0 Å². The molecule has 0 aliphatic rings. The van der Waals surface area contributed by atoms with Crippen LogP contribution in [0.5, 0.6) is 5.75 Å². The fourth-order valence-corrected chi connectivity index (χ4v) is 2.34. The number of hydrogen-bond donors (Lipinski definition) is 1. The van der Waals surface area contributed by atoms with Crippen molar-refractivity contribution in [3.8, 4) is 11.8 Å². The van der Waals surface area contributed by atoms with Crippen LogP contribution in [-0.2, 0) is 4.79 Å². The van der Waals surface area contributed by atoms with E-state index in [9.17, 15) is 23.6 Å². The standard InChI is InChI=1S/C18H13ClF2N2O3/c1-9-5-15(16(26-2)7-12(9)19)23-18(25)11(8-22)17(24)10-3-4-13(20)14(21)6-10/h3-7,11H,1-2H3,(H,23,25)/t11-/m0/s1. The minimum atomic E-state index is -1.75. The Morgan fingerprint density at radius 1 is 1.23 bits per heavy atom. The van der Waals surface area contributed by atoms with Gasteiger partial charge in [-0.3, -0.25) is 9.59 Å². The zero-order valence-corrected chi connectivity index (χ0v) is 14.5. The molecule has 0 spiro atoms. The van der Waals surface area contributed by atoms with Crippen LogP contribution in [0.15, 0.2) is 30.3 Å². The summed E-state index contributed by atoms with van der Waals surface area (Å²) in [4.78, 5) is 24.7. The number of anilines is 1. The van der Waals surface area contributed by atoms with Crippen molar-refractivity contribution in [1.82, 2.24) is 0 Å². The number of nitrogens with zero attached hydrogens (tertiary/aromatic N) is 1. The topological polar surface area (TPSA) is 79.2 Å². The Kier molecular flexibility index (Phi) is 5.90. The smallest absolute Gasteiger partial charge is 0.249 e. The summed E-state index contributed by atoms with van der Waals surface area (Å²) in [7, 11) is 1.37. The van der Waals surface area contributed by atoms with Gasteiger partial charge < -0.3 is 10.1 Å². The quantitative estimate of drug-likeness (QED) is 0.632. The number of Topliss-reactive ketones (excluding diaryl/α,β-unsaturated/α-hetero) is 1. The number of nitrogens with one attached hydrogen (secondary N) is 1. The molecule has 0 bridgehead atoms. The average molecular weight is 379 g/mol. The summed E-state index contributed by atoms with van der Waals surface area (Å²) in [5.74, 6) is -5.77. The summed E-state index contributed by atoms with van der Waals surface area (Å²) in [6.07, 6.45) is 0. The molecule has 0 radical (unpaired) electrons. The van der Waals surface area contributed by atoms with Crippen LogP contribution in [0.3, 0.4) is 0 Å². The SMILES string of the molecule is COc1cc(Cl)c(C)cc1NC(=O)[C@@H](C#N)C(=O)c1ccc(F)c(F)c1. The number of nitriles is 1. The normalized spacial score (nSPS) is 11.4. The molecule has 0 unspecified atom stereocenters. The molecule has 2 aromatic carbocycles. The van der Waals surface area contributed by atoms with Crippen LogP contribution in [-0.4, -0.2) is 18.8 Å². The van der Waals surface area contributed by atoms with Crippen molar-refractivity contribution in [3.05, 3.63) is 58.1 Å². The van der Waals surface area contributed by atoms with E-state index in [0.29, 0.717) is 16.7 Å². The van der Waals surface area contributed by atoms with Gasteiger partial charge in [-0.05, 0) is 36.8 Å². The Hall–Kier alpha value is -2.98. The maximum Gasteiger partial charge on any atom is 0.249 e. The van der Waals surface area contributed by atoms with Crippen LogP contribution in [0.25, 0.3) is 0 Å². The fraction of sp³-hybridized carbons (Fsp3) is 0.167. The largest absolute Gasteiger partial charge is 0.495 e. The molecule has 0 aromatic heterocycles. The molecule has 1 atom stereocenters. The Morgan fingerprint density at radius 3 is 2.50 bits per heavy atom. The zero-order chi connectivity index (χ0) is 19.4. The van der Waals surface area contributed by atoms with Crippen LogP contribution in [0.2, 0.25) is 5.02 Å². The van der Waals surface area contributed by atoms with Crippen molar-refractivity contribution in [2.75, 3.05) is 12.4 Å². The van der Waals surface area contributed by atoms with Gasteiger partial charge in [0.2, 0.25) is 5.91 Å². The fourth-order valence-electron chi connectivity index (χ4n) is 2.19. The average Bonchev–Trinajstić information content (AvgIpc) is 2.60. The molecule has 26 heavy (non-hydrogen) atoms. The van der Waals surface area contributed by atoms with Crippen molar-refractivity contribution in [2.45, 2.75) is 6.92 Å². The molecular weight excluding hydrogens is 366 g/mol. The molecule has 2 aromatic rings. The first kappa shape index (κ1) is 19.3. The Bertz CT molecular complexity index is 925. The van der Waals surface area contributed by atoms with Gasteiger partial charge in [-0.25, -0.2) is 8.78 Å². The molecule has 2 rings (SSSR count). The van der Waals surface area contributed by atoms with Gasteiger partial charge in [-0.1, -0.05) is 11.6 Å². The van der Waals surface area contributed by atoms with Crippen LogP contribution in [0.1, 0.15) is 15.9 Å². The molecule has 0 aliphatic carbocycles. The van der Waals surface area contributed by atoms with Crippen LogP contribution >= 0.6 is 11.6 Å². The van der Waals surface area contributed by atoms with Crippen LogP contribution in [0, 0.1) is 35.8 Å². The lowest BCUT2D eigenvalue weighted by atomic mass is 9.97. The molecule has 0 heterocycles. The van der Waals surface area contributed by atoms with E-state index in [1.807, 2.05) is 0 Å². The Labute approximate surface area is 153 Å². The Balaban J connectivity index is 2.29. The number of carbonyl (C=O) groups is 2. The molecule has 0 aliphatic heterocycles. The minimum Gasteiger partial charge on any atom is -0.495 e. The third-order valence-electron chi connectivity index (χ3n) is 3.60. The van der Waals surface area contributed by atoms with Crippen molar-refractivity contribution in [3.63, 3.8) is 0 Å². The van der Waals surface area contributed by atoms with E-state index in [4.69, 9.17) is 16.3 Å². The van der Waals surface area contributed by atoms with Crippen molar-refractivity contribution in [2.24, 2.45) is 5.92 Å². The first-order valence-electron chi connectivity index (χ1n) is 7.32. The number of amides is 1. The van der Waals surface area contributed by atoms with Gasteiger partial charge in [0, 0.05) is 16.7 Å². The predicted molar refractivity (Wildman–Crippen MR) is 91.2 cm³/mol. The monoisotopic (exact) mass is 378 g/mol. The number of hydrogen-bond acceptors (Lipinski definition) is 4. The first-order valence-corrected chi connectivity index (χ1v) is 7.70. The second-order valence-electron chi connectivity index (χ2n) is 5.35. The second kappa shape index (κ2) is 7.93. The number of aryl methyl sites for hydroxylation is 1. The summed E-state index contributed by atoms with van der Waals surface area (Å²) in [5, 5.41) is 12.0. The van der Waals surface area contributed by atoms with Gasteiger partial charge in [0.25, 0.3) is 0 Å². The summed E-state index contributed by atoms with van der Waals surface area (Å²) in [5.41, 5.74) is 0.575. The van der Waals surface area contributed by atoms with Gasteiger partial charge >= 0.3 is 0 Å². The highest BCUT2D eigenvalue weighted by Gasteiger charge is 2.29. The number of methoxy groups -OCH3 is 1. The van der Waals surface area contributed by atoms with E-state index < -0.39 is 29.2 Å². The highest BCUT2D eigenvalue weighted by Crippen LogP contribution is 2.31. The number of ether oxygens (including phenoxy) is 1. The molecule has 1 N–H and O–H groups in total. The van der Waals surface area contributed by atoms with E-state index in [-0.39, 0.29) is 17.0 Å². The maximum atomic E-state index is 13.3. The summed E-state index contributed by atoms with van der Waals surface area (Å²) < 4.78 is 31.4. The van der Waals surface area contributed by atoms with E-state index >= 15 is 0 Å². The molecule has 5 nitrogen and oxygen atoms in total. The van der Waals surface area contributed by atoms with Gasteiger partial charge in [0.05, 0.1) is 18.9 Å². The third kappa shape index (κ3) is 3.98. The lowest BCUT2D eigenvalue weighted by Crippen LogP contribution is -2.29. The van der Waals surface area contributed by atoms with Crippen LogP contribution < -0.4 is 10.1 Å². The van der Waals surface area contributed by atoms with Gasteiger partial charge in [-0.2, -0.15) is 5.26 Å². The summed E-state index contributed by atoms with van der Waals surface area (Å²) in [6.45, 7) is 1.70. The lowest BCUT2D eigenvalue weighted by Gasteiger charge is -2.14. The second-order valence-corrected chi connectivity index (χ2v) is 5.75. The number of ketones is 1. The Morgan fingerprint density at radius 2 is 1.92 bits per heavy atom.